The average molecular weight is 336 g/mol. The van der Waals surface area contributed by atoms with E-state index in [-0.39, 0.29) is 27.0 Å². The van der Waals surface area contributed by atoms with Gasteiger partial charge in [-0.15, -0.1) is 0 Å². The molecule has 2 unspecified atom stereocenters. The molecule has 20 heavy (non-hydrogen) atoms. The fraction of sp³-hybridized carbons (Fsp3) is 0.538. The molecular weight excluding hydrogens is 318 g/mol. The molecule has 112 valence electrons. The molecule has 0 radical (unpaired) electrons. The van der Waals surface area contributed by atoms with Gasteiger partial charge in [0, 0.05) is 23.6 Å². The first kappa shape index (κ1) is 16.1. The third-order valence-electron chi connectivity index (χ3n) is 3.18. The van der Waals surface area contributed by atoms with Crippen molar-refractivity contribution < 1.29 is 13.5 Å². The van der Waals surface area contributed by atoms with Crippen LogP contribution in [0.1, 0.15) is 19.4 Å². The van der Waals surface area contributed by atoms with Gasteiger partial charge in [0.25, 0.3) is 0 Å². The van der Waals surface area contributed by atoms with Crippen LogP contribution in [0.3, 0.4) is 0 Å². The van der Waals surface area contributed by atoms with Crippen LogP contribution < -0.4 is 0 Å². The zero-order valence-corrected chi connectivity index (χ0v) is 13.8. The van der Waals surface area contributed by atoms with Gasteiger partial charge >= 0.3 is 0 Å². The van der Waals surface area contributed by atoms with Crippen molar-refractivity contribution in [2.75, 3.05) is 13.1 Å². The number of benzene rings is 1. The summed E-state index contributed by atoms with van der Waals surface area (Å²) in [4.78, 5) is 0.0806. The van der Waals surface area contributed by atoms with Gasteiger partial charge in [0.15, 0.2) is 0 Å². The van der Waals surface area contributed by atoms with Crippen LogP contribution in [0.5, 0.6) is 0 Å². The second kappa shape index (κ2) is 6.23. The van der Waals surface area contributed by atoms with E-state index >= 15 is 0 Å². The molecule has 0 spiro atoms. The van der Waals surface area contributed by atoms with Crippen molar-refractivity contribution in [3.05, 3.63) is 28.8 Å². The minimum Gasteiger partial charge on any atom is -0.392 e. The first-order valence-corrected chi connectivity index (χ1v) is 9.15. The summed E-state index contributed by atoms with van der Waals surface area (Å²) in [5.41, 5.74) is 0.542. The van der Waals surface area contributed by atoms with E-state index in [4.69, 9.17) is 16.7 Å². The Kier molecular flexibility index (Phi) is 5.02. The molecule has 2 rings (SSSR count). The van der Waals surface area contributed by atoms with E-state index in [2.05, 4.69) is 0 Å². The molecule has 1 heterocycles. The fourth-order valence-electron chi connectivity index (χ4n) is 2.31. The van der Waals surface area contributed by atoms with Gasteiger partial charge in [-0.2, -0.15) is 16.1 Å². The largest absolute Gasteiger partial charge is 0.392 e. The van der Waals surface area contributed by atoms with Gasteiger partial charge < -0.3 is 5.11 Å². The molecule has 0 aliphatic carbocycles. The molecule has 0 bridgehead atoms. The van der Waals surface area contributed by atoms with Crippen LogP contribution in [0.4, 0.5) is 0 Å². The highest BCUT2D eigenvalue weighted by Crippen LogP contribution is 2.31. The maximum Gasteiger partial charge on any atom is 0.244 e. The Balaban J connectivity index is 2.39. The molecule has 1 aliphatic heterocycles. The Morgan fingerprint density at radius 3 is 2.50 bits per heavy atom. The third-order valence-corrected chi connectivity index (χ3v) is 6.72. The number of thioether (sulfide) groups is 1. The molecule has 0 amide bonds. The first-order chi connectivity index (χ1) is 9.34. The Labute approximate surface area is 129 Å². The lowest BCUT2D eigenvalue weighted by atomic mass is 10.2. The van der Waals surface area contributed by atoms with E-state index in [9.17, 15) is 8.42 Å². The number of nitrogens with zero attached hydrogens (tertiary/aromatic N) is 1. The highest BCUT2D eigenvalue weighted by molar-refractivity contribution is 8.00. The average Bonchev–Trinajstić information content (AvgIpc) is 2.38. The summed E-state index contributed by atoms with van der Waals surface area (Å²) >= 11 is 7.83. The van der Waals surface area contributed by atoms with Crippen molar-refractivity contribution in [1.29, 1.82) is 0 Å². The van der Waals surface area contributed by atoms with Crippen molar-refractivity contribution >= 4 is 33.4 Å². The monoisotopic (exact) mass is 335 g/mol. The Bertz CT molecular complexity index is 581. The van der Waals surface area contributed by atoms with Crippen LogP contribution in [0.15, 0.2) is 23.1 Å². The summed E-state index contributed by atoms with van der Waals surface area (Å²) in [6, 6.07) is 4.60. The SMILES string of the molecule is CC1CN(S(=O)(=O)c2cc(CO)ccc2Cl)CC(C)S1. The van der Waals surface area contributed by atoms with Crippen LogP contribution in [0.25, 0.3) is 0 Å². The molecule has 7 heteroatoms. The molecule has 0 aromatic heterocycles. The second-order valence-electron chi connectivity index (χ2n) is 5.00. The minimum absolute atomic E-state index is 0.0806. The number of halogens is 1. The number of aliphatic hydroxyl groups is 1. The minimum atomic E-state index is -3.61. The maximum absolute atomic E-state index is 12.7. The predicted octanol–water partition coefficient (Wildman–Crippen LogP) is 2.35. The van der Waals surface area contributed by atoms with Gasteiger partial charge in [0.1, 0.15) is 4.90 Å². The molecule has 1 aromatic carbocycles. The molecule has 1 saturated heterocycles. The molecule has 2 atom stereocenters. The van der Waals surface area contributed by atoms with Gasteiger partial charge in [-0.1, -0.05) is 31.5 Å². The molecule has 1 fully saturated rings. The molecule has 1 aliphatic rings. The Morgan fingerprint density at radius 1 is 1.35 bits per heavy atom. The van der Waals surface area contributed by atoms with Crippen LogP contribution in [-0.2, 0) is 16.6 Å². The summed E-state index contributed by atoms with van der Waals surface area (Å²) in [5, 5.41) is 9.87. The van der Waals surface area contributed by atoms with Crippen molar-refractivity contribution in [2.24, 2.45) is 0 Å². The van der Waals surface area contributed by atoms with E-state index in [0.717, 1.165) is 0 Å². The van der Waals surface area contributed by atoms with Gasteiger partial charge in [-0.25, -0.2) is 8.42 Å². The first-order valence-electron chi connectivity index (χ1n) is 6.39. The normalized spacial score (nSPS) is 24.8. The lowest BCUT2D eigenvalue weighted by Crippen LogP contribution is -2.44. The quantitative estimate of drug-likeness (QED) is 0.921. The Hall–Kier alpha value is -0.270. The highest BCUT2D eigenvalue weighted by atomic mass is 35.5. The van der Waals surface area contributed by atoms with E-state index in [1.54, 1.807) is 17.8 Å². The van der Waals surface area contributed by atoms with Crippen molar-refractivity contribution in [3.8, 4) is 0 Å². The summed E-state index contributed by atoms with van der Waals surface area (Å²) in [6.45, 7) is 4.81. The van der Waals surface area contributed by atoms with E-state index < -0.39 is 10.0 Å². The summed E-state index contributed by atoms with van der Waals surface area (Å²) in [6.07, 6.45) is 0. The van der Waals surface area contributed by atoms with Crippen LogP contribution in [0, 0.1) is 0 Å². The van der Waals surface area contributed by atoms with Gasteiger partial charge in [0.2, 0.25) is 10.0 Å². The standard InChI is InChI=1S/C13H18ClNO3S2/c1-9-6-15(7-10(2)19-9)20(17,18)13-5-11(8-16)3-4-12(13)14/h3-5,9-10,16H,6-8H2,1-2H3. The summed E-state index contributed by atoms with van der Waals surface area (Å²) < 4.78 is 26.9. The zero-order chi connectivity index (χ0) is 14.9. The summed E-state index contributed by atoms with van der Waals surface area (Å²) in [7, 11) is -3.61. The zero-order valence-electron chi connectivity index (χ0n) is 11.4. The van der Waals surface area contributed by atoms with Gasteiger partial charge in [-0.3, -0.25) is 0 Å². The van der Waals surface area contributed by atoms with Crippen molar-refractivity contribution in [1.82, 2.24) is 4.31 Å². The third kappa shape index (κ3) is 3.31. The van der Waals surface area contributed by atoms with E-state index in [0.29, 0.717) is 18.7 Å². The van der Waals surface area contributed by atoms with Crippen molar-refractivity contribution in [2.45, 2.75) is 35.8 Å². The van der Waals surface area contributed by atoms with Gasteiger partial charge in [0.05, 0.1) is 11.6 Å². The van der Waals surface area contributed by atoms with E-state index in [1.807, 2.05) is 13.8 Å². The molecule has 1 aromatic rings. The van der Waals surface area contributed by atoms with Crippen LogP contribution in [0.2, 0.25) is 5.02 Å². The summed E-state index contributed by atoms with van der Waals surface area (Å²) in [5.74, 6) is 0. The van der Waals surface area contributed by atoms with Gasteiger partial charge in [-0.05, 0) is 17.7 Å². The maximum atomic E-state index is 12.7. The number of sulfonamides is 1. The fourth-order valence-corrected chi connectivity index (χ4v) is 5.97. The Morgan fingerprint density at radius 2 is 1.95 bits per heavy atom. The lowest BCUT2D eigenvalue weighted by molar-refractivity contribution is 0.281. The molecule has 1 N–H and O–H groups in total. The number of hydrogen-bond acceptors (Lipinski definition) is 4. The number of hydrogen-bond donors (Lipinski definition) is 1. The molecule has 4 nitrogen and oxygen atoms in total. The topological polar surface area (TPSA) is 57.6 Å². The van der Waals surface area contributed by atoms with Crippen molar-refractivity contribution in [3.63, 3.8) is 0 Å². The molecule has 0 saturated carbocycles. The smallest absolute Gasteiger partial charge is 0.244 e. The van der Waals surface area contributed by atoms with Crippen LogP contribution in [-0.4, -0.2) is 41.4 Å². The number of rotatable bonds is 3. The highest BCUT2D eigenvalue weighted by Gasteiger charge is 2.33. The predicted molar refractivity (Wildman–Crippen MR) is 82.6 cm³/mol. The number of aliphatic hydroxyl groups excluding tert-OH is 1. The molecular formula is C13H18ClNO3S2. The van der Waals surface area contributed by atoms with E-state index in [1.165, 1.54) is 16.4 Å². The second-order valence-corrected chi connectivity index (χ2v) is 9.20. The lowest BCUT2D eigenvalue weighted by Gasteiger charge is -2.33. The van der Waals surface area contributed by atoms with Crippen LogP contribution >= 0.6 is 23.4 Å².